The van der Waals surface area contributed by atoms with Gasteiger partial charge in [-0.25, -0.2) is 4.79 Å². The minimum atomic E-state index is -0.333. The predicted octanol–water partition coefficient (Wildman–Crippen LogP) is 6.56. The van der Waals surface area contributed by atoms with Gasteiger partial charge in [-0.15, -0.1) is 0 Å². The Labute approximate surface area is 220 Å². The topological polar surface area (TPSA) is 61.1 Å². The Kier molecular flexibility index (Phi) is 9.51. The number of aryl methyl sites for hydroxylation is 1. The molecule has 1 saturated heterocycles. The van der Waals surface area contributed by atoms with Crippen molar-refractivity contribution in [1.82, 2.24) is 4.90 Å². The lowest BCUT2D eigenvalue weighted by Gasteiger charge is -2.29. The number of likely N-dealkylation sites (tertiary alicyclic amines) is 1. The second kappa shape index (κ2) is 13.0. The van der Waals surface area contributed by atoms with Crippen LogP contribution in [0, 0.1) is 0 Å². The number of benzene rings is 2. The summed E-state index contributed by atoms with van der Waals surface area (Å²) in [7, 11) is 5.01. The zero-order valence-electron chi connectivity index (χ0n) is 22.8. The van der Waals surface area contributed by atoms with Gasteiger partial charge in [0.1, 0.15) is 22.8 Å². The first-order valence-corrected chi connectivity index (χ1v) is 13.7. The van der Waals surface area contributed by atoms with E-state index in [0.717, 1.165) is 79.6 Å². The van der Waals surface area contributed by atoms with Gasteiger partial charge < -0.3 is 23.5 Å². The molecule has 2 heterocycles. The van der Waals surface area contributed by atoms with Crippen LogP contribution < -0.4 is 19.8 Å². The molecule has 37 heavy (non-hydrogen) atoms. The Bertz CT molecular complexity index is 1210. The lowest BCUT2D eigenvalue weighted by atomic mass is 9.85. The average Bonchev–Trinajstić information content (AvgIpc) is 2.93. The first-order chi connectivity index (χ1) is 18.1. The molecule has 1 aromatic heterocycles. The van der Waals surface area contributed by atoms with Crippen LogP contribution in [0.1, 0.15) is 74.5 Å². The third-order valence-corrected chi connectivity index (χ3v) is 7.60. The number of nitrogens with zero attached hydrogens (tertiary/aromatic N) is 1. The van der Waals surface area contributed by atoms with Crippen molar-refractivity contribution < 1.29 is 18.6 Å². The van der Waals surface area contributed by atoms with E-state index in [1.54, 1.807) is 27.4 Å². The van der Waals surface area contributed by atoms with Gasteiger partial charge in [-0.05, 0) is 75.0 Å². The van der Waals surface area contributed by atoms with Crippen molar-refractivity contribution in [2.24, 2.45) is 0 Å². The molecule has 4 rings (SSSR count). The van der Waals surface area contributed by atoms with E-state index in [0.29, 0.717) is 17.1 Å². The summed E-state index contributed by atoms with van der Waals surface area (Å²) < 4.78 is 23.2. The lowest BCUT2D eigenvalue weighted by molar-refractivity contribution is 0.223. The van der Waals surface area contributed by atoms with Crippen LogP contribution in [-0.2, 0) is 6.42 Å². The first kappa shape index (κ1) is 27.1. The van der Waals surface area contributed by atoms with Crippen molar-refractivity contribution in [3.63, 3.8) is 0 Å². The van der Waals surface area contributed by atoms with Gasteiger partial charge in [-0.2, -0.15) is 0 Å². The zero-order chi connectivity index (χ0) is 26.2. The molecular formula is C31H41NO5. The molecule has 0 bridgehead atoms. The van der Waals surface area contributed by atoms with E-state index < -0.39 is 0 Å². The van der Waals surface area contributed by atoms with E-state index in [1.165, 1.54) is 19.3 Å². The minimum Gasteiger partial charge on any atom is -0.497 e. The fraction of sp³-hybridized carbons (Fsp3) is 0.516. The van der Waals surface area contributed by atoms with Crippen molar-refractivity contribution in [3.8, 4) is 17.2 Å². The molecule has 6 nitrogen and oxygen atoms in total. The Hall–Kier alpha value is -2.99. The first-order valence-electron chi connectivity index (χ1n) is 13.7. The number of ether oxygens (including phenoxy) is 3. The average molecular weight is 508 g/mol. The summed E-state index contributed by atoms with van der Waals surface area (Å²) in [5.41, 5.74) is 3.27. The zero-order valence-corrected chi connectivity index (χ0v) is 22.8. The van der Waals surface area contributed by atoms with Gasteiger partial charge in [0.2, 0.25) is 0 Å². The highest BCUT2D eigenvalue weighted by Gasteiger charge is 2.27. The minimum absolute atomic E-state index is 0.0229. The molecule has 1 aliphatic rings. The summed E-state index contributed by atoms with van der Waals surface area (Å²) in [6, 6.07) is 11.8. The Morgan fingerprint density at radius 2 is 1.65 bits per heavy atom. The van der Waals surface area contributed by atoms with Crippen molar-refractivity contribution in [3.05, 3.63) is 63.5 Å². The molecule has 0 unspecified atom stereocenters. The third-order valence-electron chi connectivity index (χ3n) is 7.60. The summed E-state index contributed by atoms with van der Waals surface area (Å²) in [6.07, 6.45) is 8.73. The van der Waals surface area contributed by atoms with Gasteiger partial charge in [0.25, 0.3) is 0 Å². The van der Waals surface area contributed by atoms with Crippen LogP contribution in [0.4, 0.5) is 0 Å². The number of methoxy groups -OCH3 is 3. The van der Waals surface area contributed by atoms with Crippen LogP contribution in [0.2, 0.25) is 0 Å². The monoisotopic (exact) mass is 507 g/mol. The molecule has 0 N–H and O–H groups in total. The molecule has 2 aromatic carbocycles. The Morgan fingerprint density at radius 1 is 0.919 bits per heavy atom. The highest BCUT2D eigenvalue weighted by Crippen LogP contribution is 2.44. The number of unbranched alkanes of at least 4 members (excludes halogenated alkanes) is 2. The third kappa shape index (κ3) is 6.30. The fourth-order valence-corrected chi connectivity index (χ4v) is 5.61. The highest BCUT2D eigenvalue weighted by molar-refractivity contribution is 5.92. The maximum absolute atomic E-state index is 12.9. The summed E-state index contributed by atoms with van der Waals surface area (Å²) >= 11 is 0. The molecule has 200 valence electrons. The molecular weight excluding hydrogens is 466 g/mol. The van der Waals surface area contributed by atoms with Crippen LogP contribution in [0.3, 0.4) is 0 Å². The molecule has 1 fully saturated rings. The van der Waals surface area contributed by atoms with E-state index in [2.05, 4.69) is 24.0 Å². The molecule has 3 aromatic rings. The number of hydrogen-bond acceptors (Lipinski definition) is 6. The van der Waals surface area contributed by atoms with E-state index in [-0.39, 0.29) is 11.5 Å². The molecule has 6 heteroatoms. The number of fused-ring (bicyclic) bond motifs is 1. The summed E-state index contributed by atoms with van der Waals surface area (Å²) in [5, 5.41) is 0.880. The standard InChI is InChI=1S/C31H41NO5/c1-5-6-8-11-23-20-28(33)37-31-29(23)26(35-3)21-27(36-4)30(31)25(16-19-32-17-9-7-10-18-32)22-12-14-24(34-2)15-13-22/h12-15,20-21,25H,5-11,16-19H2,1-4H3/t25-/m1/s1. The van der Waals surface area contributed by atoms with Crippen LogP contribution in [0.25, 0.3) is 11.0 Å². The number of rotatable bonds is 12. The SMILES string of the molecule is CCCCCc1cc(=O)oc2c([C@H](CCN3CCCCC3)c3ccc(OC)cc3)c(OC)cc(OC)c12. The van der Waals surface area contributed by atoms with Crippen LogP contribution in [-0.4, -0.2) is 45.9 Å². The van der Waals surface area contributed by atoms with E-state index in [9.17, 15) is 4.79 Å². The molecule has 0 aliphatic carbocycles. The van der Waals surface area contributed by atoms with E-state index >= 15 is 0 Å². The number of hydrogen-bond donors (Lipinski definition) is 0. The van der Waals surface area contributed by atoms with Crippen molar-refractivity contribution in [1.29, 1.82) is 0 Å². The van der Waals surface area contributed by atoms with Crippen molar-refractivity contribution in [2.45, 2.75) is 64.2 Å². The summed E-state index contributed by atoms with van der Waals surface area (Å²) in [6.45, 7) is 5.41. The second-order valence-corrected chi connectivity index (χ2v) is 9.96. The summed E-state index contributed by atoms with van der Waals surface area (Å²) in [4.78, 5) is 15.4. The Balaban J connectivity index is 1.88. The van der Waals surface area contributed by atoms with Gasteiger partial charge in [0.15, 0.2) is 0 Å². The van der Waals surface area contributed by atoms with E-state index in [1.807, 2.05) is 18.2 Å². The van der Waals surface area contributed by atoms with Crippen LogP contribution in [0.5, 0.6) is 17.2 Å². The predicted molar refractivity (Wildman–Crippen MR) is 149 cm³/mol. The van der Waals surface area contributed by atoms with Gasteiger partial charge in [0.05, 0.1) is 26.7 Å². The quantitative estimate of drug-likeness (QED) is 0.204. The Morgan fingerprint density at radius 3 is 2.30 bits per heavy atom. The molecule has 0 amide bonds. The molecule has 0 spiro atoms. The molecule has 1 aliphatic heterocycles. The van der Waals surface area contributed by atoms with Crippen molar-refractivity contribution >= 4 is 11.0 Å². The lowest BCUT2D eigenvalue weighted by Crippen LogP contribution is -2.31. The smallest absolute Gasteiger partial charge is 0.336 e. The summed E-state index contributed by atoms with van der Waals surface area (Å²) in [5.74, 6) is 2.15. The van der Waals surface area contributed by atoms with Crippen LogP contribution >= 0.6 is 0 Å². The van der Waals surface area contributed by atoms with Gasteiger partial charge in [0, 0.05) is 23.6 Å². The molecule has 1 atom stereocenters. The fourth-order valence-electron chi connectivity index (χ4n) is 5.61. The van der Waals surface area contributed by atoms with E-state index in [4.69, 9.17) is 18.6 Å². The normalized spacial score (nSPS) is 15.0. The highest BCUT2D eigenvalue weighted by atomic mass is 16.5. The van der Waals surface area contributed by atoms with Crippen LogP contribution in [0.15, 0.2) is 45.6 Å². The maximum Gasteiger partial charge on any atom is 0.336 e. The maximum atomic E-state index is 12.9. The van der Waals surface area contributed by atoms with Crippen molar-refractivity contribution in [2.75, 3.05) is 41.0 Å². The van der Waals surface area contributed by atoms with Gasteiger partial charge >= 0.3 is 5.63 Å². The largest absolute Gasteiger partial charge is 0.497 e. The molecule has 0 radical (unpaired) electrons. The number of piperidine rings is 1. The van der Waals surface area contributed by atoms with Gasteiger partial charge in [-0.1, -0.05) is 38.3 Å². The second-order valence-electron chi connectivity index (χ2n) is 9.96. The van der Waals surface area contributed by atoms with Gasteiger partial charge in [-0.3, -0.25) is 0 Å². The molecule has 0 saturated carbocycles.